The van der Waals surface area contributed by atoms with Crippen molar-refractivity contribution in [3.63, 3.8) is 0 Å². The smallest absolute Gasteiger partial charge is 0.277 e. The van der Waals surface area contributed by atoms with Crippen LogP contribution in [-0.4, -0.2) is 42.1 Å². The maximum atomic E-state index is 12.4. The van der Waals surface area contributed by atoms with Crippen molar-refractivity contribution in [3.05, 3.63) is 73.8 Å². The van der Waals surface area contributed by atoms with E-state index >= 15 is 0 Å². The highest BCUT2D eigenvalue weighted by atomic mass is 16.6. The van der Waals surface area contributed by atoms with E-state index < -0.39 is 27.1 Å². The van der Waals surface area contributed by atoms with Crippen LogP contribution in [0.3, 0.4) is 0 Å². The predicted octanol–water partition coefficient (Wildman–Crippen LogP) is 3.05. The Labute approximate surface area is 172 Å². The zero-order valence-corrected chi connectivity index (χ0v) is 16.4. The predicted molar refractivity (Wildman–Crippen MR) is 110 cm³/mol. The summed E-state index contributed by atoms with van der Waals surface area (Å²) in [6.07, 6.45) is 2.26. The summed E-state index contributed by atoms with van der Waals surface area (Å²) in [6, 6.07) is 10.6. The Morgan fingerprint density at radius 2 is 1.63 bits per heavy atom. The van der Waals surface area contributed by atoms with Crippen LogP contribution in [0.15, 0.2) is 42.5 Å². The summed E-state index contributed by atoms with van der Waals surface area (Å²) in [6.45, 7) is 2.03. The second-order valence-corrected chi connectivity index (χ2v) is 7.02. The molecule has 1 amide bonds. The number of carbonyl (C=O) groups is 1. The number of benzene rings is 2. The second kappa shape index (κ2) is 9.31. The van der Waals surface area contributed by atoms with Gasteiger partial charge < -0.3 is 15.0 Å². The summed E-state index contributed by atoms with van der Waals surface area (Å²) in [7, 11) is 1.73. The van der Waals surface area contributed by atoms with E-state index in [1.54, 1.807) is 7.11 Å². The fourth-order valence-corrected chi connectivity index (χ4v) is 3.40. The number of hydrogen-bond donors (Lipinski definition) is 1. The Bertz CT molecular complexity index is 907. The molecule has 0 aliphatic carbocycles. The van der Waals surface area contributed by atoms with Crippen molar-refractivity contribution >= 4 is 23.0 Å². The van der Waals surface area contributed by atoms with Crippen LogP contribution < -0.4 is 10.2 Å². The maximum Gasteiger partial charge on any atom is 0.277 e. The van der Waals surface area contributed by atoms with Crippen LogP contribution in [0.5, 0.6) is 0 Å². The molecule has 3 rings (SSSR count). The number of nitrogens with one attached hydrogen (secondary N) is 1. The molecule has 2 aromatic carbocycles. The van der Waals surface area contributed by atoms with E-state index in [1.807, 2.05) is 24.3 Å². The van der Waals surface area contributed by atoms with Crippen LogP contribution in [-0.2, 0) is 11.3 Å². The highest BCUT2D eigenvalue weighted by Gasteiger charge is 2.20. The molecule has 1 N–H and O–H groups in total. The van der Waals surface area contributed by atoms with Gasteiger partial charge >= 0.3 is 0 Å². The molecule has 1 heterocycles. The number of amides is 1. The molecule has 1 aliphatic rings. The van der Waals surface area contributed by atoms with Gasteiger partial charge in [0.05, 0.1) is 27.6 Å². The molecule has 10 nitrogen and oxygen atoms in total. The number of rotatable bonds is 7. The first-order valence-corrected chi connectivity index (χ1v) is 9.46. The van der Waals surface area contributed by atoms with Crippen molar-refractivity contribution in [1.29, 1.82) is 0 Å². The normalized spacial score (nSPS) is 14.4. The van der Waals surface area contributed by atoms with E-state index in [0.29, 0.717) is 6.10 Å². The van der Waals surface area contributed by atoms with Crippen molar-refractivity contribution in [3.8, 4) is 0 Å². The molecule has 0 atom stereocenters. The fourth-order valence-electron chi connectivity index (χ4n) is 3.40. The van der Waals surface area contributed by atoms with E-state index in [-0.39, 0.29) is 12.1 Å². The lowest BCUT2D eigenvalue weighted by atomic mass is 10.1. The van der Waals surface area contributed by atoms with Gasteiger partial charge in [-0.1, -0.05) is 12.1 Å². The minimum Gasteiger partial charge on any atom is -0.381 e. The number of nitro groups is 2. The minimum atomic E-state index is -0.766. The number of anilines is 1. The summed E-state index contributed by atoms with van der Waals surface area (Å²) in [4.78, 5) is 35.0. The summed E-state index contributed by atoms with van der Waals surface area (Å²) >= 11 is 0. The first-order chi connectivity index (χ1) is 14.4. The molecule has 158 valence electrons. The number of ether oxygens (including phenoxy) is 1. The van der Waals surface area contributed by atoms with Gasteiger partial charge in [-0.15, -0.1) is 0 Å². The Morgan fingerprint density at radius 1 is 1.07 bits per heavy atom. The topological polar surface area (TPSA) is 128 Å². The molecule has 0 spiro atoms. The molecule has 1 aliphatic heterocycles. The van der Waals surface area contributed by atoms with Gasteiger partial charge in [0.2, 0.25) is 0 Å². The molecule has 0 saturated carbocycles. The van der Waals surface area contributed by atoms with Gasteiger partial charge in [0, 0.05) is 44.6 Å². The second-order valence-electron chi connectivity index (χ2n) is 7.02. The Balaban J connectivity index is 1.62. The van der Waals surface area contributed by atoms with Crippen LogP contribution in [0.2, 0.25) is 0 Å². The molecule has 0 radical (unpaired) electrons. The summed E-state index contributed by atoms with van der Waals surface area (Å²) < 4.78 is 5.38. The monoisotopic (exact) mass is 414 g/mol. The molecule has 2 aromatic rings. The minimum absolute atomic E-state index is 0.131. The average molecular weight is 414 g/mol. The van der Waals surface area contributed by atoms with Gasteiger partial charge in [-0.25, -0.2) is 0 Å². The van der Waals surface area contributed by atoms with Crippen LogP contribution >= 0.6 is 0 Å². The molecule has 30 heavy (non-hydrogen) atoms. The molecule has 0 bridgehead atoms. The standard InChI is InChI=1S/C20H22N4O6/c1-30-19-6-8-22(9-7-19)16-4-2-14(3-5-16)13-21-20(25)15-10-17(23(26)27)12-18(11-15)24(28)29/h2-5,10-12,19H,6-9,13H2,1H3,(H,21,25). The van der Waals surface area contributed by atoms with Crippen LogP contribution in [0.25, 0.3) is 0 Å². The molecule has 1 saturated heterocycles. The molecule has 1 fully saturated rings. The first kappa shape index (κ1) is 21.2. The highest BCUT2D eigenvalue weighted by Crippen LogP contribution is 2.23. The third-order valence-electron chi connectivity index (χ3n) is 5.12. The fraction of sp³-hybridized carbons (Fsp3) is 0.350. The van der Waals surface area contributed by atoms with Crippen molar-refractivity contribution in [2.45, 2.75) is 25.5 Å². The number of non-ortho nitro benzene ring substituents is 2. The van der Waals surface area contributed by atoms with Crippen molar-refractivity contribution in [2.75, 3.05) is 25.1 Å². The Morgan fingerprint density at radius 3 is 2.13 bits per heavy atom. The van der Waals surface area contributed by atoms with E-state index in [4.69, 9.17) is 4.74 Å². The van der Waals surface area contributed by atoms with Gasteiger partial charge in [-0.3, -0.25) is 25.0 Å². The Kier molecular flexibility index (Phi) is 6.58. The lowest BCUT2D eigenvalue weighted by molar-refractivity contribution is -0.394. The van der Waals surface area contributed by atoms with E-state index in [2.05, 4.69) is 10.2 Å². The number of nitro benzene ring substituents is 2. The van der Waals surface area contributed by atoms with E-state index in [0.717, 1.165) is 55.4 Å². The molecule has 0 aromatic heterocycles. The van der Waals surface area contributed by atoms with Crippen molar-refractivity contribution in [1.82, 2.24) is 5.32 Å². The lowest BCUT2D eigenvalue weighted by Gasteiger charge is -2.33. The van der Waals surface area contributed by atoms with Crippen LogP contribution in [0.1, 0.15) is 28.8 Å². The third-order valence-corrected chi connectivity index (χ3v) is 5.12. The van der Waals surface area contributed by atoms with Gasteiger partial charge in [0.1, 0.15) is 0 Å². The largest absolute Gasteiger partial charge is 0.381 e. The first-order valence-electron chi connectivity index (χ1n) is 9.46. The molecular formula is C20H22N4O6. The van der Waals surface area contributed by atoms with E-state index in [9.17, 15) is 25.0 Å². The molecular weight excluding hydrogens is 392 g/mol. The zero-order valence-electron chi connectivity index (χ0n) is 16.4. The number of carbonyl (C=O) groups excluding carboxylic acids is 1. The number of hydrogen-bond acceptors (Lipinski definition) is 7. The van der Waals surface area contributed by atoms with Gasteiger partial charge in [-0.2, -0.15) is 0 Å². The van der Waals surface area contributed by atoms with Gasteiger partial charge in [0.25, 0.3) is 17.3 Å². The van der Waals surface area contributed by atoms with Crippen molar-refractivity contribution in [2.24, 2.45) is 0 Å². The molecule has 10 heteroatoms. The molecule has 0 unspecified atom stereocenters. The average Bonchev–Trinajstić information content (AvgIpc) is 2.77. The highest BCUT2D eigenvalue weighted by molar-refractivity contribution is 5.95. The SMILES string of the molecule is COC1CCN(c2ccc(CNC(=O)c3cc([N+](=O)[O-])cc([N+](=O)[O-])c3)cc2)CC1. The maximum absolute atomic E-state index is 12.4. The quantitative estimate of drug-likeness (QED) is 0.545. The van der Waals surface area contributed by atoms with Crippen LogP contribution in [0.4, 0.5) is 17.1 Å². The summed E-state index contributed by atoms with van der Waals surface area (Å²) in [5, 5.41) is 24.6. The number of piperidine rings is 1. The lowest BCUT2D eigenvalue weighted by Crippen LogP contribution is -2.36. The zero-order chi connectivity index (χ0) is 21.7. The van der Waals surface area contributed by atoms with E-state index in [1.165, 1.54) is 0 Å². The Hall–Kier alpha value is -3.53. The number of nitrogens with zero attached hydrogens (tertiary/aromatic N) is 3. The van der Waals surface area contributed by atoms with Gasteiger partial charge in [-0.05, 0) is 30.5 Å². The van der Waals surface area contributed by atoms with Crippen molar-refractivity contribution < 1.29 is 19.4 Å². The summed E-state index contributed by atoms with van der Waals surface area (Å²) in [5.74, 6) is -0.618. The summed E-state index contributed by atoms with van der Waals surface area (Å²) in [5.41, 5.74) is 0.799. The number of methoxy groups -OCH3 is 1. The van der Waals surface area contributed by atoms with Crippen LogP contribution in [0, 0.1) is 20.2 Å². The third kappa shape index (κ3) is 5.09. The van der Waals surface area contributed by atoms with Gasteiger partial charge in [0.15, 0.2) is 0 Å².